The lowest BCUT2D eigenvalue weighted by Crippen LogP contribution is -2.21. The van der Waals surface area contributed by atoms with Crippen molar-refractivity contribution in [2.24, 2.45) is 0 Å². The Morgan fingerprint density at radius 1 is 0.789 bits per heavy atom. The Kier molecular flexibility index (Phi) is 3.71. The molecule has 0 bridgehead atoms. The van der Waals surface area contributed by atoms with E-state index in [0.29, 0.717) is 12.1 Å². The van der Waals surface area contributed by atoms with Gasteiger partial charge >= 0.3 is 12.4 Å². The van der Waals surface area contributed by atoms with Crippen LogP contribution in [0.25, 0.3) is 0 Å². The van der Waals surface area contributed by atoms with Gasteiger partial charge in [-0.3, -0.25) is 4.79 Å². The highest BCUT2D eigenvalue weighted by Crippen LogP contribution is 2.38. The first kappa shape index (κ1) is 15.5. The summed E-state index contributed by atoms with van der Waals surface area (Å²) in [6, 6.07) is 1.07. The fourth-order valence-corrected chi connectivity index (χ4v) is 1.37. The van der Waals surface area contributed by atoms with E-state index in [1.807, 2.05) is 0 Å². The molecule has 0 heterocycles. The Labute approximate surface area is 105 Å². The molecule has 1 aromatic carbocycles. The molecule has 0 atom stereocenters. The monoisotopic (exact) mass is 283 g/mol. The van der Waals surface area contributed by atoms with Gasteiger partial charge in [-0.25, -0.2) is 0 Å². The first-order valence-corrected chi connectivity index (χ1v) is 5.07. The number of hydrogen-bond donors (Lipinski definition) is 0. The van der Waals surface area contributed by atoms with Crippen molar-refractivity contribution in [3.63, 3.8) is 0 Å². The number of carbonyl (C=O) groups excluding carboxylic acids is 1. The van der Waals surface area contributed by atoms with Crippen molar-refractivity contribution < 1.29 is 31.1 Å². The van der Waals surface area contributed by atoms with Gasteiger partial charge in [0, 0.05) is 0 Å². The van der Waals surface area contributed by atoms with Crippen molar-refractivity contribution in [2.45, 2.75) is 31.6 Å². The van der Waals surface area contributed by atoms with E-state index in [9.17, 15) is 31.1 Å². The molecule has 1 rings (SSSR count). The van der Waals surface area contributed by atoms with Crippen LogP contribution in [0, 0.1) is 0 Å². The summed E-state index contributed by atoms with van der Waals surface area (Å²) in [4.78, 5) is 10.7. The van der Waals surface area contributed by atoms with Crippen molar-refractivity contribution in [3.8, 4) is 0 Å². The van der Waals surface area contributed by atoms with E-state index in [1.54, 1.807) is 0 Å². The summed E-state index contributed by atoms with van der Waals surface area (Å²) in [6.45, 7) is 2.38. The Bertz CT molecular complexity index is 452. The molecule has 0 saturated carbocycles. The zero-order valence-corrected chi connectivity index (χ0v) is 9.91. The number of benzene rings is 1. The molecule has 7 heteroatoms. The molecular weight excluding hydrogens is 274 g/mol. The van der Waals surface area contributed by atoms with Crippen LogP contribution < -0.4 is 0 Å². The van der Waals surface area contributed by atoms with E-state index in [4.69, 9.17) is 0 Å². The van der Waals surface area contributed by atoms with Crippen molar-refractivity contribution in [1.82, 2.24) is 0 Å². The van der Waals surface area contributed by atoms with Gasteiger partial charge in [0.05, 0.1) is 16.5 Å². The lowest BCUT2D eigenvalue weighted by molar-refractivity contribution is -0.143. The van der Waals surface area contributed by atoms with Crippen LogP contribution >= 0.6 is 0 Å². The van der Waals surface area contributed by atoms with E-state index in [0.717, 1.165) is 0 Å². The highest BCUT2D eigenvalue weighted by Gasteiger charge is 2.38. The van der Waals surface area contributed by atoms with E-state index >= 15 is 0 Å². The average molecular weight is 283 g/mol. The number of hydrogen-bond acceptors (Lipinski definition) is 1. The fourth-order valence-electron chi connectivity index (χ4n) is 1.37. The molecule has 0 spiro atoms. The number of rotatable bonds is 2. The first-order chi connectivity index (χ1) is 8.38. The van der Waals surface area contributed by atoms with Crippen molar-refractivity contribution in [2.75, 3.05) is 0 Å². The SMILES string of the molecule is CC(C)([C]=O)c1cc(C(F)(F)F)cc(C(F)(F)F)c1. The minimum absolute atomic E-state index is 0.0182. The number of halogens is 6. The summed E-state index contributed by atoms with van der Waals surface area (Å²) in [7, 11) is 0. The molecule has 0 aliphatic heterocycles. The third-order valence-corrected chi connectivity index (χ3v) is 2.56. The van der Waals surface area contributed by atoms with Gasteiger partial charge in [0.2, 0.25) is 6.29 Å². The standard InChI is InChI=1S/C12H9F6O/c1-10(2,6-19)7-3-8(11(13,14)15)5-9(4-7)12(16,17)18/h3-5H,1-2H3. The minimum Gasteiger partial charge on any atom is -0.290 e. The van der Waals surface area contributed by atoms with Gasteiger partial charge in [-0.05, 0) is 37.6 Å². The molecule has 0 amide bonds. The molecule has 0 fully saturated rings. The van der Waals surface area contributed by atoms with Crippen LogP contribution in [-0.4, -0.2) is 6.29 Å². The summed E-state index contributed by atoms with van der Waals surface area (Å²) in [5, 5.41) is 0. The maximum atomic E-state index is 12.6. The van der Waals surface area contributed by atoms with E-state index in [-0.39, 0.29) is 11.6 Å². The second-order valence-electron chi connectivity index (χ2n) is 4.52. The highest BCUT2D eigenvalue weighted by atomic mass is 19.4. The van der Waals surface area contributed by atoms with Crippen LogP contribution in [0.2, 0.25) is 0 Å². The third-order valence-electron chi connectivity index (χ3n) is 2.56. The Balaban J connectivity index is 3.55. The van der Waals surface area contributed by atoms with Gasteiger partial charge in [0.15, 0.2) is 0 Å². The van der Waals surface area contributed by atoms with Crippen molar-refractivity contribution in [1.29, 1.82) is 0 Å². The largest absolute Gasteiger partial charge is 0.416 e. The van der Waals surface area contributed by atoms with Crippen molar-refractivity contribution in [3.05, 3.63) is 34.9 Å². The van der Waals surface area contributed by atoms with Gasteiger partial charge in [-0.15, -0.1) is 0 Å². The number of alkyl halides is 6. The Morgan fingerprint density at radius 2 is 1.11 bits per heavy atom. The fraction of sp³-hybridized carbons (Fsp3) is 0.417. The topological polar surface area (TPSA) is 17.1 Å². The molecule has 19 heavy (non-hydrogen) atoms. The lowest BCUT2D eigenvalue weighted by Gasteiger charge is -2.20. The van der Waals surface area contributed by atoms with E-state index in [1.165, 1.54) is 20.1 Å². The van der Waals surface area contributed by atoms with E-state index in [2.05, 4.69) is 0 Å². The molecular formula is C12H9F6O. The molecule has 0 N–H and O–H groups in total. The lowest BCUT2D eigenvalue weighted by atomic mass is 9.84. The normalized spacial score (nSPS) is 13.5. The quantitative estimate of drug-likeness (QED) is 0.746. The minimum atomic E-state index is -4.92. The van der Waals surface area contributed by atoms with Gasteiger partial charge in [0.1, 0.15) is 0 Å². The highest BCUT2D eigenvalue weighted by molar-refractivity contribution is 5.68. The van der Waals surface area contributed by atoms with Gasteiger partial charge in [-0.2, -0.15) is 26.3 Å². The van der Waals surface area contributed by atoms with Crippen LogP contribution in [0.5, 0.6) is 0 Å². The maximum absolute atomic E-state index is 12.6. The summed E-state index contributed by atoms with van der Waals surface area (Å²) in [6.07, 6.45) is -8.41. The Morgan fingerprint density at radius 3 is 1.37 bits per heavy atom. The maximum Gasteiger partial charge on any atom is 0.416 e. The summed E-state index contributed by atoms with van der Waals surface area (Å²) < 4.78 is 75.4. The van der Waals surface area contributed by atoms with Gasteiger partial charge in [0.25, 0.3) is 0 Å². The molecule has 1 aromatic rings. The first-order valence-electron chi connectivity index (χ1n) is 5.07. The van der Waals surface area contributed by atoms with Gasteiger partial charge < -0.3 is 0 Å². The van der Waals surface area contributed by atoms with Crippen LogP contribution in [0.4, 0.5) is 26.3 Å². The zero-order valence-electron chi connectivity index (χ0n) is 9.91. The van der Waals surface area contributed by atoms with Crippen molar-refractivity contribution >= 4 is 6.29 Å². The zero-order chi connectivity index (χ0) is 15.1. The summed E-state index contributed by atoms with van der Waals surface area (Å²) in [5.74, 6) is 0. The average Bonchev–Trinajstić information content (AvgIpc) is 2.26. The molecule has 0 saturated heterocycles. The van der Waals surface area contributed by atoms with E-state index < -0.39 is 28.9 Å². The predicted molar refractivity (Wildman–Crippen MR) is 55.2 cm³/mol. The molecule has 0 aliphatic carbocycles. The van der Waals surface area contributed by atoms with Gasteiger partial charge in [-0.1, -0.05) is 0 Å². The third kappa shape index (κ3) is 3.48. The van der Waals surface area contributed by atoms with Crippen LogP contribution in [0.1, 0.15) is 30.5 Å². The second kappa shape index (κ2) is 4.54. The molecule has 0 aliphatic rings. The molecule has 1 radical (unpaired) electrons. The molecule has 0 unspecified atom stereocenters. The molecule has 1 nitrogen and oxygen atoms in total. The Hall–Kier alpha value is -1.53. The second-order valence-corrected chi connectivity index (χ2v) is 4.52. The molecule has 0 aromatic heterocycles. The predicted octanol–water partition coefficient (Wildman–Crippen LogP) is 4.11. The summed E-state index contributed by atoms with van der Waals surface area (Å²) in [5.41, 5.74) is -4.83. The van der Waals surface area contributed by atoms with Crippen LogP contribution in [-0.2, 0) is 22.6 Å². The molecule has 105 valence electrons. The van der Waals surface area contributed by atoms with Crippen LogP contribution in [0.15, 0.2) is 18.2 Å². The smallest absolute Gasteiger partial charge is 0.290 e. The summed E-state index contributed by atoms with van der Waals surface area (Å²) >= 11 is 0. The van der Waals surface area contributed by atoms with Crippen LogP contribution in [0.3, 0.4) is 0 Å².